The highest BCUT2D eigenvalue weighted by Gasteiger charge is 2.44. The number of nitrogens with one attached hydrogen (secondary N) is 1. The summed E-state index contributed by atoms with van der Waals surface area (Å²) in [6, 6.07) is 0. The fraction of sp³-hybridized carbons (Fsp3) is 0.643. The van der Waals surface area contributed by atoms with Gasteiger partial charge in [-0.05, 0) is 33.6 Å². The summed E-state index contributed by atoms with van der Waals surface area (Å²) in [5.74, 6) is -0.929. The van der Waals surface area contributed by atoms with E-state index in [-0.39, 0.29) is 11.3 Å². The summed E-state index contributed by atoms with van der Waals surface area (Å²) < 4.78 is 10.4. The second-order valence-electron chi connectivity index (χ2n) is 6.29. The highest BCUT2D eigenvalue weighted by molar-refractivity contribution is 5.89. The van der Waals surface area contributed by atoms with Crippen LogP contribution in [0.1, 0.15) is 62.6 Å². The Kier molecular flexibility index (Phi) is 3.93. The molecule has 1 aromatic heterocycles. The predicted octanol–water partition coefficient (Wildman–Crippen LogP) is 2.67. The maximum atomic E-state index is 12.1. The van der Waals surface area contributed by atoms with Crippen molar-refractivity contribution in [2.75, 3.05) is 0 Å². The molecule has 0 aromatic carbocycles. The molecule has 1 heterocycles. The van der Waals surface area contributed by atoms with E-state index in [1.54, 1.807) is 20.8 Å². The minimum Gasteiger partial charge on any atom is -0.478 e. The number of amides is 1. The topological polar surface area (TPSA) is 102 Å². The maximum Gasteiger partial charge on any atom is 0.408 e. The minimum absolute atomic E-state index is 0.0204. The molecule has 2 rings (SSSR count). The van der Waals surface area contributed by atoms with Gasteiger partial charge in [0.05, 0.1) is 6.20 Å². The van der Waals surface area contributed by atoms with Crippen molar-refractivity contribution in [3.05, 3.63) is 17.5 Å². The number of ether oxygens (including phenoxy) is 1. The summed E-state index contributed by atoms with van der Waals surface area (Å²) in [6.45, 7) is 5.31. The summed E-state index contributed by atoms with van der Waals surface area (Å²) in [5.41, 5.74) is -1.50. The molecule has 116 valence electrons. The quantitative estimate of drug-likeness (QED) is 0.889. The van der Waals surface area contributed by atoms with Crippen molar-refractivity contribution in [1.29, 1.82) is 0 Å². The number of carbonyl (C=O) groups is 2. The lowest BCUT2D eigenvalue weighted by Gasteiger charge is -2.29. The second kappa shape index (κ2) is 5.38. The van der Waals surface area contributed by atoms with E-state index in [2.05, 4.69) is 10.5 Å². The van der Waals surface area contributed by atoms with Gasteiger partial charge in [0.25, 0.3) is 0 Å². The number of hydrogen-bond donors (Lipinski definition) is 2. The smallest absolute Gasteiger partial charge is 0.408 e. The Balaban J connectivity index is 2.27. The number of aromatic nitrogens is 1. The summed E-state index contributed by atoms with van der Waals surface area (Å²) >= 11 is 0. The number of aromatic carboxylic acids is 1. The van der Waals surface area contributed by atoms with Crippen LogP contribution < -0.4 is 5.32 Å². The molecule has 0 atom stereocenters. The van der Waals surface area contributed by atoms with E-state index in [4.69, 9.17) is 9.26 Å². The maximum absolute atomic E-state index is 12.1. The molecule has 1 saturated carbocycles. The van der Waals surface area contributed by atoms with Crippen LogP contribution >= 0.6 is 0 Å². The van der Waals surface area contributed by atoms with Gasteiger partial charge in [0.2, 0.25) is 0 Å². The molecule has 0 saturated heterocycles. The van der Waals surface area contributed by atoms with Crippen LogP contribution in [0.25, 0.3) is 0 Å². The Bertz CT molecular complexity index is 538. The Morgan fingerprint density at radius 3 is 2.52 bits per heavy atom. The zero-order valence-electron chi connectivity index (χ0n) is 12.4. The van der Waals surface area contributed by atoms with Gasteiger partial charge in [-0.15, -0.1) is 0 Å². The first-order valence-corrected chi connectivity index (χ1v) is 6.93. The van der Waals surface area contributed by atoms with Gasteiger partial charge in [-0.2, -0.15) is 0 Å². The molecule has 2 N–H and O–H groups in total. The summed E-state index contributed by atoms with van der Waals surface area (Å²) in [6.07, 6.45) is 3.51. The first-order chi connectivity index (χ1) is 9.73. The van der Waals surface area contributed by atoms with Gasteiger partial charge >= 0.3 is 12.1 Å². The van der Waals surface area contributed by atoms with Crippen LogP contribution in [0.5, 0.6) is 0 Å². The standard InChI is InChI=1S/C14H20N2O5/c1-13(2,3)20-12(19)16-14(6-4-5-7-14)10-9(11(17)18)8-15-21-10/h8H,4-7H2,1-3H3,(H,16,19)(H,17,18). The van der Waals surface area contributed by atoms with Crippen molar-refractivity contribution >= 4 is 12.1 Å². The molecule has 1 aliphatic rings. The number of nitrogens with zero attached hydrogens (tertiary/aromatic N) is 1. The van der Waals surface area contributed by atoms with Crippen LogP contribution in [0.2, 0.25) is 0 Å². The van der Waals surface area contributed by atoms with Crippen molar-refractivity contribution in [1.82, 2.24) is 10.5 Å². The summed E-state index contributed by atoms with van der Waals surface area (Å²) in [5, 5.41) is 15.6. The van der Waals surface area contributed by atoms with E-state index < -0.39 is 23.2 Å². The van der Waals surface area contributed by atoms with Gasteiger partial charge in [0.1, 0.15) is 16.7 Å². The molecule has 21 heavy (non-hydrogen) atoms. The number of alkyl carbamates (subject to hydrolysis) is 1. The third-order valence-electron chi connectivity index (χ3n) is 3.43. The zero-order chi connectivity index (χ0) is 15.7. The van der Waals surface area contributed by atoms with E-state index in [1.165, 1.54) is 0 Å². The van der Waals surface area contributed by atoms with E-state index in [0.29, 0.717) is 12.8 Å². The lowest BCUT2D eigenvalue weighted by atomic mass is 9.91. The Morgan fingerprint density at radius 1 is 1.38 bits per heavy atom. The average molecular weight is 296 g/mol. The van der Waals surface area contributed by atoms with E-state index >= 15 is 0 Å². The van der Waals surface area contributed by atoms with Crippen LogP contribution in [0, 0.1) is 0 Å². The average Bonchev–Trinajstić information content (AvgIpc) is 2.93. The fourth-order valence-corrected chi connectivity index (χ4v) is 2.62. The first kappa shape index (κ1) is 15.3. The third kappa shape index (κ3) is 3.34. The highest BCUT2D eigenvalue weighted by atomic mass is 16.6. The van der Waals surface area contributed by atoms with E-state index in [0.717, 1.165) is 19.0 Å². The highest BCUT2D eigenvalue weighted by Crippen LogP contribution is 2.40. The number of rotatable bonds is 3. The van der Waals surface area contributed by atoms with Gasteiger partial charge < -0.3 is 19.7 Å². The lowest BCUT2D eigenvalue weighted by Crippen LogP contribution is -2.46. The van der Waals surface area contributed by atoms with E-state index in [1.807, 2.05) is 0 Å². The Hall–Kier alpha value is -2.05. The van der Waals surface area contributed by atoms with Crippen LogP contribution in [-0.4, -0.2) is 27.9 Å². The van der Waals surface area contributed by atoms with Crippen LogP contribution in [0.15, 0.2) is 10.7 Å². The number of carboxylic acid groups (broad SMARTS) is 1. The van der Waals surface area contributed by atoms with Gasteiger partial charge in [0, 0.05) is 0 Å². The normalized spacial score (nSPS) is 17.5. The minimum atomic E-state index is -1.12. The third-order valence-corrected chi connectivity index (χ3v) is 3.43. The Labute approximate surface area is 122 Å². The SMILES string of the molecule is CC(C)(C)OC(=O)NC1(c2oncc2C(=O)O)CCCC1. The largest absolute Gasteiger partial charge is 0.478 e. The molecular formula is C14H20N2O5. The number of hydrogen-bond acceptors (Lipinski definition) is 5. The van der Waals surface area contributed by atoms with Crippen molar-refractivity contribution in [3.8, 4) is 0 Å². The van der Waals surface area contributed by atoms with Crippen molar-refractivity contribution in [3.63, 3.8) is 0 Å². The number of carboxylic acids is 1. The lowest BCUT2D eigenvalue weighted by molar-refractivity contribution is 0.0428. The van der Waals surface area contributed by atoms with Gasteiger partial charge in [-0.1, -0.05) is 18.0 Å². The van der Waals surface area contributed by atoms with Crippen LogP contribution in [0.4, 0.5) is 4.79 Å². The predicted molar refractivity (Wildman–Crippen MR) is 73.0 cm³/mol. The van der Waals surface area contributed by atoms with Crippen molar-refractivity contribution < 1.29 is 24.0 Å². The molecule has 1 aliphatic carbocycles. The molecule has 7 nitrogen and oxygen atoms in total. The molecule has 0 aliphatic heterocycles. The molecule has 7 heteroatoms. The molecular weight excluding hydrogens is 276 g/mol. The van der Waals surface area contributed by atoms with Crippen molar-refractivity contribution in [2.45, 2.75) is 57.6 Å². The second-order valence-corrected chi connectivity index (χ2v) is 6.29. The van der Waals surface area contributed by atoms with Crippen molar-refractivity contribution in [2.24, 2.45) is 0 Å². The van der Waals surface area contributed by atoms with Gasteiger partial charge in [0.15, 0.2) is 5.76 Å². The van der Waals surface area contributed by atoms with Crippen LogP contribution in [0.3, 0.4) is 0 Å². The van der Waals surface area contributed by atoms with Gasteiger partial charge in [-0.25, -0.2) is 9.59 Å². The Morgan fingerprint density at radius 2 is 2.00 bits per heavy atom. The molecule has 1 amide bonds. The van der Waals surface area contributed by atoms with Gasteiger partial charge in [-0.3, -0.25) is 0 Å². The molecule has 1 fully saturated rings. The number of carbonyl (C=O) groups excluding carboxylic acids is 1. The molecule has 0 unspecified atom stereocenters. The zero-order valence-corrected chi connectivity index (χ0v) is 12.4. The first-order valence-electron chi connectivity index (χ1n) is 6.93. The molecule has 0 spiro atoms. The van der Waals surface area contributed by atoms with E-state index in [9.17, 15) is 14.7 Å². The monoisotopic (exact) mass is 296 g/mol. The van der Waals surface area contributed by atoms with Crippen LogP contribution in [-0.2, 0) is 10.3 Å². The molecule has 1 aromatic rings. The summed E-state index contributed by atoms with van der Waals surface area (Å²) in [4.78, 5) is 23.3. The summed E-state index contributed by atoms with van der Waals surface area (Å²) in [7, 11) is 0. The molecule has 0 bridgehead atoms. The molecule has 0 radical (unpaired) electrons. The fourth-order valence-electron chi connectivity index (χ4n) is 2.62.